The zero-order chi connectivity index (χ0) is 15.4. The Kier molecular flexibility index (Phi) is 4.12. The van der Waals surface area contributed by atoms with Crippen molar-refractivity contribution < 1.29 is 14.2 Å². The molecule has 2 aromatic rings. The molecule has 1 amide bonds. The van der Waals surface area contributed by atoms with Crippen molar-refractivity contribution in [1.82, 2.24) is 15.5 Å². The Bertz CT molecular complexity index is 682. The number of nitrogens with two attached hydrogens (primary N) is 1. The van der Waals surface area contributed by atoms with Crippen LogP contribution < -0.4 is 11.1 Å². The molecular weight excluding hydrogens is 278 g/mol. The van der Waals surface area contributed by atoms with Crippen molar-refractivity contribution in [3.63, 3.8) is 0 Å². The second-order valence-corrected chi connectivity index (χ2v) is 4.26. The number of carbonyl (C=O) groups is 1. The molecule has 0 saturated heterocycles. The van der Waals surface area contributed by atoms with Gasteiger partial charge in [-0.1, -0.05) is 5.16 Å². The van der Waals surface area contributed by atoms with Crippen LogP contribution in [0, 0.1) is 17.0 Å². The van der Waals surface area contributed by atoms with E-state index in [1.807, 2.05) is 0 Å². The Labute approximate surface area is 119 Å². The summed E-state index contributed by atoms with van der Waals surface area (Å²) in [5.41, 5.74) is 5.70. The SMILES string of the molecule is Cc1nc(CCNC(=O)c2cc([N+](=O)[O-])ccc2N)no1. The molecule has 0 aliphatic rings. The van der Waals surface area contributed by atoms with Gasteiger partial charge in [-0.05, 0) is 6.07 Å². The van der Waals surface area contributed by atoms with Gasteiger partial charge in [0.1, 0.15) is 0 Å². The van der Waals surface area contributed by atoms with Crippen LogP contribution in [0.1, 0.15) is 22.1 Å². The van der Waals surface area contributed by atoms with Crippen LogP contribution >= 0.6 is 0 Å². The number of nitro benzene ring substituents is 1. The summed E-state index contributed by atoms with van der Waals surface area (Å²) in [5.74, 6) is 0.426. The molecule has 2 rings (SSSR count). The Balaban J connectivity index is 1.99. The molecule has 3 N–H and O–H groups in total. The number of amides is 1. The molecule has 0 aliphatic carbocycles. The maximum atomic E-state index is 12.0. The molecule has 21 heavy (non-hydrogen) atoms. The molecule has 9 heteroatoms. The molecule has 110 valence electrons. The number of non-ortho nitro benzene ring substituents is 1. The van der Waals surface area contributed by atoms with Gasteiger partial charge < -0.3 is 15.6 Å². The third kappa shape index (κ3) is 3.53. The molecule has 0 saturated carbocycles. The third-order valence-corrected chi connectivity index (χ3v) is 2.70. The Hall–Kier alpha value is -2.97. The average Bonchev–Trinajstić information content (AvgIpc) is 2.84. The first-order chi connectivity index (χ1) is 9.97. The Morgan fingerprint density at radius 3 is 2.90 bits per heavy atom. The van der Waals surface area contributed by atoms with Crippen LogP contribution in [-0.4, -0.2) is 27.5 Å². The number of nitro groups is 1. The van der Waals surface area contributed by atoms with E-state index in [-0.39, 0.29) is 23.5 Å². The van der Waals surface area contributed by atoms with E-state index in [1.54, 1.807) is 6.92 Å². The van der Waals surface area contributed by atoms with Crippen molar-refractivity contribution in [2.45, 2.75) is 13.3 Å². The van der Waals surface area contributed by atoms with Gasteiger partial charge in [-0.3, -0.25) is 14.9 Å². The van der Waals surface area contributed by atoms with Crippen LogP contribution in [0.15, 0.2) is 22.7 Å². The highest BCUT2D eigenvalue weighted by molar-refractivity contribution is 5.99. The van der Waals surface area contributed by atoms with Gasteiger partial charge in [0.25, 0.3) is 11.6 Å². The molecule has 0 aliphatic heterocycles. The van der Waals surface area contributed by atoms with Crippen LogP contribution in [0.3, 0.4) is 0 Å². The van der Waals surface area contributed by atoms with E-state index in [1.165, 1.54) is 12.1 Å². The second-order valence-electron chi connectivity index (χ2n) is 4.26. The lowest BCUT2D eigenvalue weighted by Gasteiger charge is -2.06. The van der Waals surface area contributed by atoms with E-state index in [4.69, 9.17) is 10.3 Å². The number of carbonyl (C=O) groups excluding carboxylic acids is 1. The van der Waals surface area contributed by atoms with Gasteiger partial charge >= 0.3 is 0 Å². The summed E-state index contributed by atoms with van der Waals surface area (Å²) in [6.45, 7) is 1.93. The molecule has 0 bridgehead atoms. The number of hydrogen-bond donors (Lipinski definition) is 2. The predicted octanol–water partition coefficient (Wildman–Crippen LogP) is 0.841. The van der Waals surface area contributed by atoms with Crippen LogP contribution in [0.2, 0.25) is 0 Å². The van der Waals surface area contributed by atoms with Crippen LogP contribution in [0.4, 0.5) is 11.4 Å². The fourth-order valence-corrected chi connectivity index (χ4v) is 1.68. The maximum absolute atomic E-state index is 12.0. The van der Waals surface area contributed by atoms with Gasteiger partial charge in [-0.15, -0.1) is 0 Å². The fourth-order valence-electron chi connectivity index (χ4n) is 1.68. The number of nitrogens with one attached hydrogen (secondary N) is 1. The van der Waals surface area contributed by atoms with Crippen molar-refractivity contribution in [2.24, 2.45) is 0 Å². The number of rotatable bonds is 5. The number of hydrogen-bond acceptors (Lipinski definition) is 7. The first kappa shape index (κ1) is 14.4. The normalized spacial score (nSPS) is 10.3. The molecule has 1 heterocycles. The van der Waals surface area contributed by atoms with Gasteiger partial charge in [0, 0.05) is 37.7 Å². The first-order valence-corrected chi connectivity index (χ1v) is 6.08. The monoisotopic (exact) mass is 291 g/mol. The summed E-state index contributed by atoms with van der Waals surface area (Å²) in [5, 5.41) is 17.0. The second kappa shape index (κ2) is 5.99. The molecule has 9 nitrogen and oxygen atoms in total. The quantitative estimate of drug-likeness (QED) is 0.473. The molecule has 1 aromatic heterocycles. The summed E-state index contributed by atoms with van der Waals surface area (Å²) in [4.78, 5) is 26.1. The minimum atomic E-state index is -0.585. The van der Waals surface area contributed by atoms with Crippen LogP contribution in [-0.2, 0) is 6.42 Å². The summed E-state index contributed by atoms with van der Waals surface area (Å²) in [6.07, 6.45) is 0.387. The van der Waals surface area contributed by atoms with Crippen molar-refractivity contribution in [2.75, 3.05) is 12.3 Å². The zero-order valence-corrected chi connectivity index (χ0v) is 11.2. The van der Waals surface area contributed by atoms with E-state index in [2.05, 4.69) is 15.5 Å². The first-order valence-electron chi connectivity index (χ1n) is 6.08. The highest BCUT2D eigenvalue weighted by Crippen LogP contribution is 2.19. The van der Waals surface area contributed by atoms with E-state index >= 15 is 0 Å². The molecule has 0 unspecified atom stereocenters. The number of nitrogen functional groups attached to an aromatic ring is 1. The molecule has 0 radical (unpaired) electrons. The number of aryl methyl sites for hydroxylation is 1. The molecular formula is C12H13N5O4. The van der Waals surface area contributed by atoms with Crippen molar-refractivity contribution >= 4 is 17.3 Å². The average molecular weight is 291 g/mol. The molecule has 1 aromatic carbocycles. The molecule has 0 atom stereocenters. The number of anilines is 1. The topological polar surface area (TPSA) is 137 Å². The minimum absolute atomic E-state index is 0.0634. The summed E-state index contributed by atoms with van der Waals surface area (Å²) >= 11 is 0. The molecule has 0 spiro atoms. The minimum Gasteiger partial charge on any atom is -0.398 e. The van der Waals surface area contributed by atoms with E-state index in [0.717, 1.165) is 6.07 Å². The van der Waals surface area contributed by atoms with Crippen molar-refractivity contribution in [3.8, 4) is 0 Å². The highest BCUT2D eigenvalue weighted by atomic mass is 16.6. The lowest BCUT2D eigenvalue weighted by atomic mass is 10.1. The fraction of sp³-hybridized carbons (Fsp3) is 0.250. The summed E-state index contributed by atoms with van der Waals surface area (Å²) in [6, 6.07) is 3.72. The largest absolute Gasteiger partial charge is 0.398 e. The zero-order valence-electron chi connectivity index (χ0n) is 11.2. The highest BCUT2D eigenvalue weighted by Gasteiger charge is 2.15. The number of benzene rings is 1. The van der Waals surface area contributed by atoms with E-state index in [0.29, 0.717) is 18.1 Å². The number of aromatic nitrogens is 2. The maximum Gasteiger partial charge on any atom is 0.270 e. The lowest BCUT2D eigenvalue weighted by Crippen LogP contribution is -2.26. The summed E-state index contributed by atoms with van der Waals surface area (Å²) < 4.78 is 4.80. The van der Waals surface area contributed by atoms with Crippen LogP contribution in [0.25, 0.3) is 0 Å². The predicted molar refractivity (Wildman–Crippen MR) is 72.6 cm³/mol. The smallest absolute Gasteiger partial charge is 0.270 e. The van der Waals surface area contributed by atoms with E-state index in [9.17, 15) is 14.9 Å². The lowest BCUT2D eigenvalue weighted by molar-refractivity contribution is -0.384. The molecule has 0 fully saturated rings. The summed E-state index contributed by atoms with van der Waals surface area (Å²) in [7, 11) is 0. The number of nitrogens with zero attached hydrogens (tertiary/aromatic N) is 3. The van der Waals surface area contributed by atoms with Crippen LogP contribution in [0.5, 0.6) is 0 Å². The van der Waals surface area contributed by atoms with Gasteiger partial charge in [0.15, 0.2) is 5.82 Å². The van der Waals surface area contributed by atoms with Gasteiger partial charge in [-0.2, -0.15) is 4.98 Å². The van der Waals surface area contributed by atoms with E-state index < -0.39 is 10.8 Å². The van der Waals surface area contributed by atoms with Gasteiger partial charge in [-0.25, -0.2) is 0 Å². The van der Waals surface area contributed by atoms with Gasteiger partial charge in [0.05, 0.1) is 10.5 Å². The van der Waals surface area contributed by atoms with Crippen molar-refractivity contribution in [1.29, 1.82) is 0 Å². The van der Waals surface area contributed by atoms with Gasteiger partial charge in [0.2, 0.25) is 5.89 Å². The third-order valence-electron chi connectivity index (χ3n) is 2.70. The standard InChI is InChI=1S/C12H13N5O4/c1-7-15-11(16-21-7)4-5-14-12(18)9-6-8(17(19)20)2-3-10(9)13/h2-3,6H,4-5,13H2,1H3,(H,14,18). The van der Waals surface area contributed by atoms with Crippen molar-refractivity contribution in [3.05, 3.63) is 45.6 Å². The Morgan fingerprint density at radius 2 is 2.29 bits per heavy atom. The Morgan fingerprint density at radius 1 is 1.52 bits per heavy atom.